The maximum Gasteiger partial charge on any atom is 0.265 e. The molecule has 6 heteroatoms. The first kappa shape index (κ1) is 16.7. The lowest BCUT2D eigenvalue weighted by atomic mass is 10.1. The van der Waals surface area contributed by atoms with Crippen molar-refractivity contribution >= 4 is 32.8 Å². The van der Waals surface area contributed by atoms with Gasteiger partial charge in [0.05, 0.1) is 9.77 Å². The number of benzene rings is 1. The van der Waals surface area contributed by atoms with Crippen molar-refractivity contribution in [1.29, 1.82) is 0 Å². The van der Waals surface area contributed by atoms with Crippen LogP contribution in [0.15, 0.2) is 35.2 Å². The van der Waals surface area contributed by atoms with Gasteiger partial charge in [-0.05, 0) is 49.2 Å². The number of nitrogens with one attached hydrogen (secondary N) is 1. The van der Waals surface area contributed by atoms with Crippen LogP contribution in [0.25, 0.3) is 0 Å². The summed E-state index contributed by atoms with van der Waals surface area (Å²) in [6, 6.07) is 8.12. The number of amides is 1. The molecule has 0 aliphatic rings. The van der Waals surface area contributed by atoms with Crippen molar-refractivity contribution in [3.05, 3.63) is 45.6 Å². The van der Waals surface area contributed by atoms with E-state index in [1.807, 2.05) is 13.0 Å². The molecule has 0 bridgehead atoms. The lowest BCUT2D eigenvalue weighted by Gasteiger charge is -2.04. The number of hydrogen-bond acceptors (Lipinski definition) is 4. The predicted molar refractivity (Wildman–Crippen MR) is 90.6 cm³/mol. The third-order valence-electron chi connectivity index (χ3n) is 3.30. The highest BCUT2D eigenvalue weighted by molar-refractivity contribution is 7.90. The van der Waals surface area contributed by atoms with Gasteiger partial charge in [0.2, 0.25) is 0 Å². The average molecular weight is 337 g/mol. The molecule has 0 spiro atoms. The number of sulfone groups is 1. The van der Waals surface area contributed by atoms with Crippen molar-refractivity contribution in [2.24, 2.45) is 0 Å². The van der Waals surface area contributed by atoms with Gasteiger partial charge < -0.3 is 5.32 Å². The van der Waals surface area contributed by atoms with E-state index in [4.69, 9.17) is 0 Å². The van der Waals surface area contributed by atoms with Gasteiger partial charge in [0.25, 0.3) is 5.91 Å². The number of thiophene rings is 1. The van der Waals surface area contributed by atoms with Crippen molar-refractivity contribution < 1.29 is 13.2 Å². The summed E-state index contributed by atoms with van der Waals surface area (Å²) in [5.41, 5.74) is 1.80. The maximum absolute atomic E-state index is 12.2. The summed E-state index contributed by atoms with van der Waals surface area (Å²) >= 11 is 1.48. The van der Waals surface area contributed by atoms with Crippen LogP contribution in [0.5, 0.6) is 0 Å². The van der Waals surface area contributed by atoms with Crippen LogP contribution < -0.4 is 5.32 Å². The molecule has 1 heterocycles. The summed E-state index contributed by atoms with van der Waals surface area (Å²) < 4.78 is 22.8. The van der Waals surface area contributed by atoms with Crippen molar-refractivity contribution in [1.82, 2.24) is 0 Å². The van der Waals surface area contributed by atoms with Crippen LogP contribution in [0, 0.1) is 6.92 Å². The second-order valence-corrected chi connectivity index (χ2v) is 8.46. The Balaban J connectivity index is 2.13. The van der Waals surface area contributed by atoms with Crippen molar-refractivity contribution in [3.63, 3.8) is 0 Å². The first-order chi connectivity index (χ1) is 10.3. The molecule has 0 atom stereocenters. The van der Waals surface area contributed by atoms with Crippen molar-refractivity contribution in [2.45, 2.75) is 31.6 Å². The Morgan fingerprint density at radius 1 is 1.23 bits per heavy atom. The largest absolute Gasteiger partial charge is 0.321 e. The van der Waals surface area contributed by atoms with Crippen LogP contribution in [0.2, 0.25) is 0 Å². The monoisotopic (exact) mass is 337 g/mol. The normalized spacial score (nSPS) is 11.4. The molecule has 1 aromatic carbocycles. The molecule has 0 radical (unpaired) electrons. The maximum atomic E-state index is 12.2. The third-order valence-corrected chi connectivity index (χ3v) is 5.52. The van der Waals surface area contributed by atoms with Crippen molar-refractivity contribution in [2.75, 3.05) is 11.6 Å². The summed E-state index contributed by atoms with van der Waals surface area (Å²) in [5, 5.41) is 2.80. The topological polar surface area (TPSA) is 63.2 Å². The van der Waals surface area contributed by atoms with E-state index in [1.54, 1.807) is 12.1 Å². The van der Waals surface area contributed by atoms with E-state index in [0.717, 1.165) is 19.1 Å². The molecule has 0 saturated carbocycles. The number of aryl methyl sites for hydroxylation is 2. The van der Waals surface area contributed by atoms with Gasteiger partial charge in [-0.3, -0.25) is 4.79 Å². The Morgan fingerprint density at radius 2 is 1.86 bits per heavy atom. The second-order valence-electron chi connectivity index (χ2n) is 5.19. The molecule has 1 N–H and O–H groups in total. The summed E-state index contributed by atoms with van der Waals surface area (Å²) in [4.78, 5) is 14.3. The lowest BCUT2D eigenvalue weighted by molar-refractivity contribution is 0.103. The van der Waals surface area contributed by atoms with Gasteiger partial charge in [-0.15, -0.1) is 11.3 Å². The zero-order valence-electron chi connectivity index (χ0n) is 12.8. The molecule has 1 aromatic heterocycles. The molecule has 4 nitrogen and oxygen atoms in total. The molecule has 118 valence electrons. The molecule has 0 fully saturated rings. The molecular weight excluding hydrogens is 318 g/mol. The first-order valence-electron chi connectivity index (χ1n) is 7.02. The van der Waals surface area contributed by atoms with E-state index in [1.165, 1.54) is 33.9 Å². The Kier molecular flexibility index (Phi) is 5.03. The third kappa shape index (κ3) is 3.96. The van der Waals surface area contributed by atoms with E-state index in [2.05, 4.69) is 12.2 Å². The van der Waals surface area contributed by atoms with E-state index in [-0.39, 0.29) is 10.8 Å². The highest BCUT2D eigenvalue weighted by Gasteiger charge is 2.13. The fraction of sp³-hybridized carbons (Fsp3) is 0.312. The smallest absolute Gasteiger partial charge is 0.265 e. The average Bonchev–Trinajstić information content (AvgIpc) is 2.80. The quantitative estimate of drug-likeness (QED) is 0.905. The molecule has 2 aromatic rings. The minimum Gasteiger partial charge on any atom is -0.321 e. The fourth-order valence-electron chi connectivity index (χ4n) is 2.13. The van der Waals surface area contributed by atoms with Crippen LogP contribution in [-0.2, 0) is 16.3 Å². The molecule has 0 saturated heterocycles. The number of rotatable bonds is 5. The zero-order valence-corrected chi connectivity index (χ0v) is 14.5. The Hall–Kier alpha value is -1.66. The number of hydrogen-bond donors (Lipinski definition) is 1. The van der Waals surface area contributed by atoms with Gasteiger partial charge in [-0.25, -0.2) is 8.42 Å². The van der Waals surface area contributed by atoms with E-state index in [9.17, 15) is 13.2 Å². The van der Waals surface area contributed by atoms with Gasteiger partial charge >= 0.3 is 0 Å². The molecule has 0 unspecified atom stereocenters. The highest BCUT2D eigenvalue weighted by Crippen LogP contribution is 2.24. The van der Waals surface area contributed by atoms with Gasteiger partial charge in [0.1, 0.15) is 0 Å². The molecule has 1 amide bonds. The second kappa shape index (κ2) is 6.62. The highest BCUT2D eigenvalue weighted by atomic mass is 32.2. The van der Waals surface area contributed by atoms with Crippen LogP contribution >= 0.6 is 11.3 Å². The minimum atomic E-state index is -3.22. The Morgan fingerprint density at radius 3 is 2.41 bits per heavy atom. The van der Waals surface area contributed by atoms with Gasteiger partial charge in [0, 0.05) is 16.8 Å². The van der Waals surface area contributed by atoms with Gasteiger partial charge in [-0.1, -0.05) is 13.3 Å². The van der Waals surface area contributed by atoms with E-state index in [0.29, 0.717) is 10.6 Å². The lowest BCUT2D eigenvalue weighted by Crippen LogP contribution is -2.10. The first-order valence-corrected chi connectivity index (χ1v) is 9.73. The number of carbonyl (C=O) groups excluding carboxylic acids is 1. The molecular formula is C16H19NO3S2. The zero-order chi connectivity index (χ0) is 16.3. The summed E-state index contributed by atoms with van der Waals surface area (Å²) in [6.45, 7) is 4.13. The molecule has 0 aliphatic carbocycles. The summed E-state index contributed by atoms with van der Waals surface area (Å²) in [6.07, 6.45) is 3.18. The van der Waals surface area contributed by atoms with E-state index >= 15 is 0 Å². The predicted octanol–water partition coefficient (Wildman–Crippen LogP) is 3.66. The van der Waals surface area contributed by atoms with Gasteiger partial charge in [0.15, 0.2) is 9.84 Å². The van der Waals surface area contributed by atoms with Crippen LogP contribution in [0.3, 0.4) is 0 Å². The Bertz CT molecular complexity index is 774. The standard InChI is InChI=1S/C16H19NO3S2/c1-4-5-12-10-15(21-11(12)2)16(18)17-13-6-8-14(9-7-13)22(3,19)20/h6-10H,4-5H2,1-3H3,(H,17,18). The van der Waals surface area contributed by atoms with Crippen LogP contribution in [0.4, 0.5) is 5.69 Å². The van der Waals surface area contributed by atoms with Gasteiger partial charge in [-0.2, -0.15) is 0 Å². The van der Waals surface area contributed by atoms with Crippen LogP contribution in [0.1, 0.15) is 33.5 Å². The summed E-state index contributed by atoms with van der Waals surface area (Å²) in [7, 11) is -3.22. The van der Waals surface area contributed by atoms with Crippen LogP contribution in [-0.4, -0.2) is 20.6 Å². The molecule has 2 rings (SSSR count). The SMILES string of the molecule is CCCc1cc(C(=O)Nc2ccc(S(C)(=O)=O)cc2)sc1C. The number of anilines is 1. The Labute approximate surface area is 135 Å². The van der Waals surface area contributed by atoms with E-state index < -0.39 is 9.84 Å². The summed E-state index contributed by atoms with van der Waals surface area (Å²) in [5.74, 6) is -0.164. The molecule has 0 aliphatic heterocycles. The minimum absolute atomic E-state index is 0.164. The number of carbonyl (C=O) groups is 1. The molecule has 22 heavy (non-hydrogen) atoms. The van der Waals surface area contributed by atoms with Crippen molar-refractivity contribution in [3.8, 4) is 0 Å². The fourth-order valence-corrected chi connectivity index (χ4v) is 3.72.